The van der Waals surface area contributed by atoms with Gasteiger partial charge in [-0.2, -0.15) is 0 Å². The normalized spacial score (nSPS) is 12.3. The van der Waals surface area contributed by atoms with Crippen molar-refractivity contribution in [3.8, 4) is 0 Å². The first-order valence-electron chi connectivity index (χ1n) is 9.68. The molecule has 1 aromatic carbocycles. The molecule has 2 rings (SSSR count). The van der Waals surface area contributed by atoms with Gasteiger partial charge in [-0.15, -0.1) is 0 Å². The highest BCUT2D eigenvalue weighted by molar-refractivity contribution is 5.84. The highest BCUT2D eigenvalue weighted by atomic mass is 16.1. The lowest BCUT2D eigenvalue weighted by Gasteiger charge is -2.02. The number of aromatic nitrogens is 2. The Morgan fingerprint density at radius 3 is 2.64 bits per heavy atom. The Morgan fingerprint density at radius 1 is 1.21 bits per heavy atom. The molecular formula is C23H30N4O. The summed E-state index contributed by atoms with van der Waals surface area (Å²) in [5.74, 6) is 0.232. The molecular weight excluding hydrogens is 348 g/mol. The Morgan fingerprint density at radius 2 is 1.96 bits per heavy atom. The van der Waals surface area contributed by atoms with Crippen LogP contribution in [0, 0.1) is 6.92 Å². The molecule has 28 heavy (non-hydrogen) atoms. The Bertz CT molecular complexity index is 978. The molecule has 0 atom stereocenters. The van der Waals surface area contributed by atoms with Crippen molar-refractivity contribution in [3.05, 3.63) is 52.4 Å². The Labute approximate surface area is 167 Å². The molecule has 0 unspecified atom stereocenters. The molecule has 148 valence electrons. The zero-order chi connectivity index (χ0) is 20.5. The number of unbranched alkanes of at least 4 members (excludes halogenated alkanes) is 1. The fourth-order valence-electron chi connectivity index (χ4n) is 2.89. The van der Waals surface area contributed by atoms with Gasteiger partial charge in [-0.3, -0.25) is 9.98 Å². The summed E-state index contributed by atoms with van der Waals surface area (Å²) in [4.78, 5) is 24.9. The van der Waals surface area contributed by atoms with Gasteiger partial charge in [0.1, 0.15) is 11.1 Å². The zero-order valence-corrected chi connectivity index (χ0v) is 17.4. The summed E-state index contributed by atoms with van der Waals surface area (Å²) >= 11 is 0. The fourth-order valence-corrected chi connectivity index (χ4v) is 2.89. The van der Waals surface area contributed by atoms with Crippen LogP contribution in [0.15, 0.2) is 40.6 Å². The lowest BCUT2D eigenvalue weighted by Crippen LogP contribution is -2.31. The number of imidazole rings is 1. The van der Waals surface area contributed by atoms with Crippen molar-refractivity contribution >= 4 is 30.0 Å². The van der Waals surface area contributed by atoms with Gasteiger partial charge in [0.25, 0.3) is 0 Å². The Kier molecular flexibility index (Phi) is 8.05. The van der Waals surface area contributed by atoms with E-state index in [1.165, 1.54) is 5.56 Å². The van der Waals surface area contributed by atoms with Crippen LogP contribution in [0.3, 0.4) is 0 Å². The van der Waals surface area contributed by atoms with Gasteiger partial charge in [-0.25, -0.2) is 4.98 Å². The van der Waals surface area contributed by atoms with Crippen molar-refractivity contribution in [2.45, 2.75) is 53.5 Å². The number of hydrogen-bond acceptors (Lipinski definition) is 4. The molecule has 0 fully saturated rings. The molecule has 0 aliphatic carbocycles. The van der Waals surface area contributed by atoms with Crippen molar-refractivity contribution in [2.24, 2.45) is 9.98 Å². The van der Waals surface area contributed by atoms with E-state index in [2.05, 4.69) is 40.6 Å². The maximum atomic E-state index is 11.1. The van der Waals surface area contributed by atoms with Gasteiger partial charge in [0.2, 0.25) is 0 Å². The predicted molar refractivity (Wildman–Crippen MR) is 117 cm³/mol. The molecule has 0 aliphatic heterocycles. The number of ketones is 1. The summed E-state index contributed by atoms with van der Waals surface area (Å²) in [5.41, 5.74) is 4.06. The number of nitrogens with zero attached hydrogens (tertiary/aromatic N) is 4. The van der Waals surface area contributed by atoms with Gasteiger partial charge in [0.05, 0.1) is 23.9 Å². The van der Waals surface area contributed by atoms with Gasteiger partial charge < -0.3 is 9.36 Å². The first-order valence-corrected chi connectivity index (χ1v) is 9.68. The van der Waals surface area contributed by atoms with E-state index >= 15 is 0 Å². The third kappa shape index (κ3) is 6.41. The first kappa shape index (κ1) is 21.5. The molecule has 0 radical (unpaired) electrons. The molecule has 5 heteroatoms. The number of carbonyl (C=O) groups is 1. The van der Waals surface area contributed by atoms with Crippen LogP contribution in [0.2, 0.25) is 0 Å². The molecule has 1 heterocycles. The summed E-state index contributed by atoms with van der Waals surface area (Å²) in [5, 5.41) is 1.63. The third-order valence-electron chi connectivity index (χ3n) is 4.42. The number of aliphatic imine (C=N–C) groups is 2. The smallest absolute Gasteiger partial charge is 0.129 e. The van der Waals surface area contributed by atoms with Crippen molar-refractivity contribution in [1.82, 2.24) is 9.55 Å². The van der Waals surface area contributed by atoms with Crippen LogP contribution in [0.5, 0.6) is 0 Å². The van der Waals surface area contributed by atoms with E-state index in [4.69, 9.17) is 0 Å². The molecule has 2 aromatic rings. The number of Topliss-reactive ketones (excluding diaryl/α,β-unsaturated/α-hetero) is 1. The van der Waals surface area contributed by atoms with E-state index in [9.17, 15) is 4.79 Å². The topological polar surface area (TPSA) is 59.6 Å². The van der Waals surface area contributed by atoms with Crippen LogP contribution in [0.4, 0.5) is 0 Å². The van der Waals surface area contributed by atoms with Gasteiger partial charge in [0, 0.05) is 24.9 Å². The second kappa shape index (κ2) is 10.5. The lowest BCUT2D eigenvalue weighted by molar-refractivity contribution is -0.117. The molecule has 0 bridgehead atoms. The number of aryl methyl sites for hydroxylation is 2. The highest BCUT2D eigenvalue weighted by Gasteiger charge is 2.04. The minimum absolute atomic E-state index is 0.232. The van der Waals surface area contributed by atoms with E-state index in [-0.39, 0.29) is 5.78 Å². The lowest BCUT2D eigenvalue weighted by atomic mass is 10.1. The third-order valence-corrected chi connectivity index (χ3v) is 4.42. The number of benzene rings is 1. The van der Waals surface area contributed by atoms with Crippen LogP contribution < -0.4 is 10.7 Å². The SMILES string of the molecule is C=c1/c(=C(/CN=Cc2ccccc2C)N=C(C)C)ncn1CCCCC(C)=O. The van der Waals surface area contributed by atoms with Crippen LogP contribution >= 0.6 is 0 Å². The Balaban J connectivity index is 2.23. The molecule has 0 N–H and O–H groups in total. The quantitative estimate of drug-likeness (QED) is 0.497. The van der Waals surface area contributed by atoms with Crippen molar-refractivity contribution in [2.75, 3.05) is 6.54 Å². The average Bonchev–Trinajstić information content (AvgIpc) is 2.99. The van der Waals surface area contributed by atoms with Crippen LogP contribution in [0.1, 0.15) is 51.2 Å². The van der Waals surface area contributed by atoms with E-state index in [0.29, 0.717) is 13.0 Å². The minimum atomic E-state index is 0.232. The zero-order valence-electron chi connectivity index (χ0n) is 17.4. The molecule has 0 spiro atoms. The number of rotatable bonds is 9. The minimum Gasteiger partial charge on any atom is -0.331 e. The standard InChI is InChI=1S/C23H30N4O/c1-17(2)26-22(15-24-14-21-12-7-6-10-18(21)3)23-20(5)27(16-25-23)13-9-8-11-19(4)28/h6-7,10,12,14,16H,5,8-9,11,13,15H2,1-4H3/b23-22+,24-14?. The van der Waals surface area contributed by atoms with Crippen molar-refractivity contribution in [3.63, 3.8) is 0 Å². The van der Waals surface area contributed by atoms with E-state index in [0.717, 1.165) is 47.1 Å². The molecule has 0 aliphatic rings. The highest BCUT2D eigenvalue weighted by Crippen LogP contribution is 2.05. The van der Waals surface area contributed by atoms with Crippen molar-refractivity contribution < 1.29 is 4.79 Å². The largest absolute Gasteiger partial charge is 0.331 e. The van der Waals surface area contributed by atoms with Gasteiger partial charge in [-0.05, 0) is 51.7 Å². The molecule has 5 nitrogen and oxygen atoms in total. The number of hydrogen-bond donors (Lipinski definition) is 0. The number of carbonyl (C=O) groups excluding carboxylic acids is 1. The molecule has 0 saturated carbocycles. The summed E-state index contributed by atoms with van der Waals surface area (Å²) in [6.45, 7) is 13.1. The van der Waals surface area contributed by atoms with Gasteiger partial charge in [0.15, 0.2) is 0 Å². The van der Waals surface area contributed by atoms with E-state index in [1.807, 2.05) is 36.8 Å². The van der Waals surface area contributed by atoms with Crippen molar-refractivity contribution in [1.29, 1.82) is 0 Å². The summed E-state index contributed by atoms with van der Waals surface area (Å²) in [7, 11) is 0. The monoisotopic (exact) mass is 378 g/mol. The summed E-state index contributed by atoms with van der Waals surface area (Å²) in [6, 6.07) is 8.15. The van der Waals surface area contributed by atoms with E-state index in [1.54, 1.807) is 13.3 Å². The Hall–Kier alpha value is -2.82. The molecule has 0 saturated heterocycles. The molecule has 0 amide bonds. The van der Waals surface area contributed by atoms with Crippen LogP contribution in [0.25, 0.3) is 12.3 Å². The predicted octanol–water partition coefficient (Wildman–Crippen LogP) is 3.07. The summed E-state index contributed by atoms with van der Waals surface area (Å²) < 4.78 is 2.03. The van der Waals surface area contributed by atoms with Gasteiger partial charge in [-0.1, -0.05) is 30.8 Å². The van der Waals surface area contributed by atoms with Crippen LogP contribution in [-0.2, 0) is 11.3 Å². The average molecular weight is 379 g/mol. The maximum absolute atomic E-state index is 11.1. The van der Waals surface area contributed by atoms with E-state index < -0.39 is 0 Å². The second-order valence-electron chi connectivity index (χ2n) is 7.22. The first-order chi connectivity index (χ1) is 13.4. The maximum Gasteiger partial charge on any atom is 0.129 e. The second-order valence-corrected chi connectivity index (χ2v) is 7.22. The van der Waals surface area contributed by atoms with Gasteiger partial charge >= 0.3 is 0 Å². The fraction of sp³-hybridized carbons (Fsp3) is 0.391. The molecule has 1 aromatic heterocycles. The summed E-state index contributed by atoms with van der Waals surface area (Å²) in [6.07, 6.45) is 6.12. The van der Waals surface area contributed by atoms with Crippen LogP contribution in [-0.4, -0.2) is 33.8 Å².